The van der Waals surface area contributed by atoms with Crippen molar-refractivity contribution < 1.29 is 4.79 Å². The molecule has 30 heavy (non-hydrogen) atoms. The van der Waals surface area contributed by atoms with Crippen molar-refractivity contribution in [2.75, 3.05) is 17.3 Å². The topological polar surface area (TPSA) is 56.7 Å². The van der Waals surface area contributed by atoms with Gasteiger partial charge in [-0.2, -0.15) is 0 Å². The second-order valence-electron chi connectivity index (χ2n) is 6.74. The normalized spacial score (nSPS) is 15.7. The van der Waals surface area contributed by atoms with Crippen molar-refractivity contribution in [2.45, 2.75) is 6.17 Å². The molecule has 1 unspecified atom stereocenters. The van der Waals surface area contributed by atoms with Gasteiger partial charge in [0, 0.05) is 18.2 Å². The monoisotopic (exact) mass is 434 g/mol. The van der Waals surface area contributed by atoms with Crippen LogP contribution in [-0.4, -0.2) is 29.9 Å². The molecule has 1 atom stereocenters. The highest BCUT2D eigenvalue weighted by Crippen LogP contribution is 2.27. The summed E-state index contributed by atoms with van der Waals surface area (Å²) in [6.45, 7) is 0. The second-order valence-corrected chi connectivity index (χ2v) is 7.55. The summed E-state index contributed by atoms with van der Waals surface area (Å²) in [4.78, 5) is 19.6. The number of nitrogens with zero attached hydrogens (tertiary/aromatic N) is 2. The number of anilines is 2. The fourth-order valence-electron chi connectivity index (χ4n) is 3.29. The lowest BCUT2D eigenvalue weighted by Crippen LogP contribution is -2.47. The van der Waals surface area contributed by atoms with Gasteiger partial charge in [-0.1, -0.05) is 72.3 Å². The molecule has 0 saturated heterocycles. The second kappa shape index (κ2) is 8.65. The van der Waals surface area contributed by atoms with Crippen LogP contribution in [0.5, 0.6) is 0 Å². The number of aliphatic imine (C=N–C) groups is 1. The number of nitrogens with one attached hydrogen (secondary N) is 2. The molecular formula is C23H19ClN4OS. The summed E-state index contributed by atoms with van der Waals surface area (Å²) in [5.74, 6) is -0.211. The summed E-state index contributed by atoms with van der Waals surface area (Å²) in [5.41, 5.74) is 3.97. The van der Waals surface area contributed by atoms with Crippen LogP contribution in [0.1, 0.15) is 11.1 Å². The van der Waals surface area contributed by atoms with Crippen molar-refractivity contribution in [3.63, 3.8) is 0 Å². The Bertz CT molecular complexity index is 1130. The van der Waals surface area contributed by atoms with E-state index in [4.69, 9.17) is 28.8 Å². The number of carbonyl (C=O) groups excluding carboxylic acids is 1. The Labute approximate surface area is 185 Å². The molecule has 1 amide bonds. The molecule has 2 N–H and O–H groups in total. The number of rotatable bonds is 3. The molecule has 0 saturated carbocycles. The Morgan fingerprint density at radius 2 is 1.67 bits per heavy atom. The minimum atomic E-state index is -0.889. The van der Waals surface area contributed by atoms with Crippen molar-refractivity contribution in [3.8, 4) is 0 Å². The molecule has 3 aromatic carbocycles. The van der Waals surface area contributed by atoms with Crippen LogP contribution in [-0.2, 0) is 4.79 Å². The minimum Gasteiger partial charge on any atom is -0.333 e. The Hall–Kier alpha value is -3.22. The van der Waals surface area contributed by atoms with E-state index in [2.05, 4.69) is 10.6 Å². The van der Waals surface area contributed by atoms with E-state index in [1.807, 2.05) is 72.8 Å². The number of thiocarbonyl (C=S) groups is 1. The fraction of sp³-hybridized carbons (Fsp3) is 0.0870. The number of halogens is 1. The number of benzodiazepines with no additional fused rings is 1. The van der Waals surface area contributed by atoms with Crippen LogP contribution in [0.2, 0.25) is 5.02 Å². The van der Waals surface area contributed by atoms with Gasteiger partial charge >= 0.3 is 0 Å². The van der Waals surface area contributed by atoms with E-state index in [0.717, 1.165) is 22.5 Å². The summed E-state index contributed by atoms with van der Waals surface area (Å²) in [6, 6.07) is 24.8. The number of fused-ring (bicyclic) bond motifs is 1. The average Bonchev–Trinajstić information content (AvgIpc) is 2.87. The van der Waals surface area contributed by atoms with Crippen LogP contribution in [0, 0.1) is 0 Å². The van der Waals surface area contributed by atoms with Gasteiger partial charge < -0.3 is 15.5 Å². The predicted octanol–water partition coefficient (Wildman–Crippen LogP) is 4.47. The lowest BCUT2D eigenvalue weighted by Gasteiger charge is -2.22. The number of hydrogen-bond acceptors (Lipinski definition) is 3. The van der Waals surface area contributed by atoms with E-state index >= 15 is 0 Å². The minimum absolute atomic E-state index is 0.211. The SMILES string of the molecule is CN1C(=O)C(NC(=S)Nc2ccccc2Cl)N=C(c2ccccc2)c2ccccc21. The van der Waals surface area contributed by atoms with Gasteiger partial charge in [0.2, 0.25) is 6.17 Å². The van der Waals surface area contributed by atoms with Crippen LogP contribution in [0.15, 0.2) is 83.9 Å². The maximum atomic E-state index is 13.2. The smallest absolute Gasteiger partial charge is 0.272 e. The van der Waals surface area contributed by atoms with Crippen molar-refractivity contribution >= 4 is 51.9 Å². The zero-order valence-electron chi connectivity index (χ0n) is 16.2. The summed E-state index contributed by atoms with van der Waals surface area (Å²) >= 11 is 11.6. The lowest BCUT2D eigenvalue weighted by atomic mass is 10.0. The first kappa shape index (κ1) is 20.1. The van der Waals surface area contributed by atoms with Gasteiger partial charge in [0.05, 0.1) is 22.1 Å². The van der Waals surface area contributed by atoms with Crippen LogP contribution in [0.4, 0.5) is 11.4 Å². The maximum Gasteiger partial charge on any atom is 0.272 e. The van der Waals surface area contributed by atoms with Crippen LogP contribution < -0.4 is 15.5 Å². The molecule has 7 heteroatoms. The van der Waals surface area contributed by atoms with Gasteiger partial charge in [0.25, 0.3) is 5.91 Å². The number of benzene rings is 3. The van der Waals surface area contributed by atoms with E-state index in [-0.39, 0.29) is 11.0 Å². The largest absolute Gasteiger partial charge is 0.333 e. The molecule has 0 aromatic heterocycles. The van der Waals surface area contributed by atoms with Crippen molar-refractivity contribution in [3.05, 3.63) is 95.0 Å². The molecule has 1 aliphatic heterocycles. The zero-order valence-corrected chi connectivity index (χ0v) is 17.7. The highest BCUT2D eigenvalue weighted by Gasteiger charge is 2.30. The molecule has 0 spiro atoms. The Morgan fingerprint density at radius 1 is 1.00 bits per heavy atom. The van der Waals surface area contributed by atoms with Crippen molar-refractivity contribution in [1.82, 2.24) is 5.32 Å². The van der Waals surface area contributed by atoms with E-state index in [9.17, 15) is 4.79 Å². The Kier molecular flexibility index (Phi) is 5.79. The maximum absolute atomic E-state index is 13.2. The van der Waals surface area contributed by atoms with Gasteiger partial charge in [-0.25, -0.2) is 4.99 Å². The van der Waals surface area contributed by atoms with E-state index in [1.165, 1.54) is 0 Å². The molecule has 4 rings (SSSR count). The molecule has 3 aromatic rings. The first-order chi connectivity index (χ1) is 14.5. The summed E-state index contributed by atoms with van der Waals surface area (Å²) in [7, 11) is 1.74. The van der Waals surface area contributed by atoms with Crippen LogP contribution in [0.3, 0.4) is 0 Å². The molecule has 0 aliphatic carbocycles. The molecule has 1 heterocycles. The van der Waals surface area contributed by atoms with Crippen molar-refractivity contribution in [1.29, 1.82) is 0 Å². The quantitative estimate of drug-likeness (QED) is 0.597. The third-order valence-electron chi connectivity index (χ3n) is 4.78. The number of likely N-dealkylation sites (N-methyl/N-ethyl adjacent to an activating group) is 1. The first-order valence-corrected chi connectivity index (χ1v) is 10.2. The van der Waals surface area contributed by atoms with Gasteiger partial charge in [0.1, 0.15) is 0 Å². The number of hydrogen-bond donors (Lipinski definition) is 2. The molecule has 150 valence electrons. The third-order valence-corrected chi connectivity index (χ3v) is 5.33. The van der Waals surface area contributed by atoms with Crippen LogP contribution >= 0.6 is 23.8 Å². The Balaban J connectivity index is 1.70. The molecular weight excluding hydrogens is 416 g/mol. The first-order valence-electron chi connectivity index (χ1n) is 9.37. The highest BCUT2D eigenvalue weighted by atomic mass is 35.5. The molecule has 0 bridgehead atoms. The summed E-state index contributed by atoms with van der Waals surface area (Å²) in [6.07, 6.45) is -0.889. The van der Waals surface area contributed by atoms with E-state index in [1.54, 1.807) is 18.0 Å². The Morgan fingerprint density at radius 3 is 2.43 bits per heavy atom. The summed E-state index contributed by atoms with van der Waals surface area (Å²) in [5, 5.41) is 6.86. The van der Waals surface area contributed by atoms with E-state index < -0.39 is 6.17 Å². The van der Waals surface area contributed by atoms with Crippen molar-refractivity contribution in [2.24, 2.45) is 4.99 Å². The van der Waals surface area contributed by atoms with Crippen LogP contribution in [0.25, 0.3) is 0 Å². The van der Waals surface area contributed by atoms with Gasteiger partial charge in [-0.3, -0.25) is 4.79 Å². The predicted molar refractivity (Wildman–Crippen MR) is 127 cm³/mol. The highest BCUT2D eigenvalue weighted by molar-refractivity contribution is 7.80. The fourth-order valence-corrected chi connectivity index (χ4v) is 3.69. The standard InChI is InChI=1S/C23H19ClN4OS/c1-28-19-14-8-5-11-16(19)20(15-9-3-2-4-10-15)26-21(22(28)29)27-23(30)25-18-13-7-6-12-17(18)24/h2-14,21H,1H3,(H2,25,27,30). The van der Waals surface area contributed by atoms with Gasteiger partial charge in [0.15, 0.2) is 5.11 Å². The lowest BCUT2D eigenvalue weighted by molar-refractivity contribution is -0.119. The van der Waals surface area contributed by atoms with E-state index in [0.29, 0.717) is 10.7 Å². The molecule has 0 radical (unpaired) electrons. The average molecular weight is 435 g/mol. The molecule has 5 nitrogen and oxygen atoms in total. The molecule has 1 aliphatic rings. The third kappa shape index (κ3) is 4.06. The molecule has 0 fully saturated rings. The number of amides is 1. The zero-order chi connectivity index (χ0) is 21.1. The number of carbonyl (C=O) groups is 1. The van der Waals surface area contributed by atoms with Gasteiger partial charge in [-0.05, 0) is 30.4 Å². The summed E-state index contributed by atoms with van der Waals surface area (Å²) < 4.78 is 0. The number of para-hydroxylation sites is 2. The van der Waals surface area contributed by atoms with Gasteiger partial charge in [-0.15, -0.1) is 0 Å².